The zero-order valence-corrected chi connectivity index (χ0v) is 40.6. The molecule has 0 bridgehead atoms. The molecule has 7 nitrogen and oxygen atoms in total. The number of halogens is 10. The molecule has 1 aliphatic heterocycles. The summed E-state index contributed by atoms with van der Waals surface area (Å²) in [5.74, 6) is -3.73. The Morgan fingerprint density at radius 3 is 1.38 bits per heavy atom. The maximum Gasteiger partial charge on any atom is 0.494 e. The van der Waals surface area contributed by atoms with E-state index in [1.54, 1.807) is 43.3 Å². The van der Waals surface area contributed by atoms with E-state index in [0.717, 1.165) is 49.9 Å². The first-order valence-corrected chi connectivity index (χ1v) is 23.3. The van der Waals surface area contributed by atoms with Crippen LogP contribution in [0.5, 0.6) is 0 Å². The van der Waals surface area contributed by atoms with Gasteiger partial charge < -0.3 is 24.3 Å². The van der Waals surface area contributed by atoms with Crippen LogP contribution in [0.3, 0.4) is 0 Å². The number of nitrogens with zero attached hydrogens (tertiary/aromatic N) is 2. The van der Waals surface area contributed by atoms with Crippen molar-refractivity contribution in [1.82, 2.24) is 24.7 Å². The topological polar surface area (TPSA) is 83.7 Å². The summed E-state index contributed by atoms with van der Waals surface area (Å²) in [6.45, 7) is 9.97. The highest BCUT2D eigenvalue weighted by Crippen LogP contribution is 2.38. The second kappa shape index (κ2) is 19.2. The zero-order chi connectivity index (χ0) is 51.4. The molecule has 1 fully saturated rings. The van der Waals surface area contributed by atoms with Crippen molar-refractivity contribution in [3.63, 3.8) is 0 Å². The predicted molar refractivity (Wildman–Crippen MR) is 266 cm³/mol. The molecule has 18 heteroatoms. The van der Waals surface area contributed by atoms with Gasteiger partial charge in [0.05, 0.1) is 50.7 Å². The van der Waals surface area contributed by atoms with Gasteiger partial charge in [-0.05, 0) is 143 Å². The van der Waals surface area contributed by atoms with E-state index in [4.69, 9.17) is 9.31 Å². The van der Waals surface area contributed by atoms with Crippen LogP contribution < -0.4 is 5.46 Å². The highest BCUT2D eigenvalue weighted by Gasteiger charge is 2.51. The van der Waals surface area contributed by atoms with Gasteiger partial charge in [0.1, 0.15) is 34.9 Å². The van der Waals surface area contributed by atoms with Crippen LogP contribution in [0.15, 0.2) is 138 Å². The first kappa shape index (κ1) is 49.9. The molecular formula is C54H42BBrF9N5O2. The minimum absolute atomic E-state index is 0.0233. The summed E-state index contributed by atoms with van der Waals surface area (Å²) in [6.07, 6.45) is -4.54. The quantitative estimate of drug-likeness (QED) is 0.115. The monoisotopic (exact) mass is 1050 g/mol. The molecule has 11 rings (SSSR count). The first-order valence-electron chi connectivity index (χ1n) is 22.5. The summed E-state index contributed by atoms with van der Waals surface area (Å²) in [4.78, 5) is 9.05. The second-order valence-corrected chi connectivity index (χ2v) is 19.0. The maximum absolute atomic E-state index is 14.1. The van der Waals surface area contributed by atoms with Gasteiger partial charge in [-0.15, -0.1) is 0 Å². The van der Waals surface area contributed by atoms with E-state index in [2.05, 4.69) is 36.0 Å². The normalized spacial score (nSPS) is 14.2. The summed E-state index contributed by atoms with van der Waals surface area (Å²) in [5, 5.41) is 5.98. The lowest BCUT2D eigenvalue weighted by atomic mass is 9.78. The highest BCUT2D eigenvalue weighted by atomic mass is 79.9. The fraction of sp³-hybridized carbons (Fsp3) is 0.167. The van der Waals surface area contributed by atoms with Crippen LogP contribution in [0.25, 0.3) is 77.7 Å². The lowest BCUT2D eigenvalue weighted by Gasteiger charge is -2.32. The molecule has 1 saturated heterocycles. The number of nitrogens with one attached hydrogen (secondary N) is 3. The summed E-state index contributed by atoms with van der Waals surface area (Å²) in [6, 6.07) is 33.7. The second-order valence-electron chi connectivity index (χ2n) is 18.0. The first-order chi connectivity index (χ1) is 34.1. The molecule has 0 spiro atoms. The van der Waals surface area contributed by atoms with E-state index >= 15 is 0 Å². The van der Waals surface area contributed by atoms with Crippen LogP contribution in [0.2, 0.25) is 0 Å². The van der Waals surface area contributed by atoms with Gasteiger partial charge in [0.15, 0.2) is 5.69 Å². The van der Waals surface area contributed by atoms with Gasteiger partial charge in [0.25, 0.3) is 0 Å². The fourth-order valence-corrected chi connectivity index (χ4v) is 8.75. The number of alkyl halides is 3. The summed E-state index contributed by atoms with van der Waals surface area (Å²) in [7, 11) is -0.479. The van der Waals surface area contributed by atoms with Crippen molar-refractivity contribution in [2.75, 3.05) is 0 Å². The molecule has 4 aromatic heterocycles. The van der Waals surface area contributed by atoms with E-state index in [-0.39, 0.29) is 28.9 Å². The van der Waals surface area contributed by atoms with Gasteiger partial charge in [-0.1, -0.05) is 52.3 Å². The molecule has 3 N–H and O–H groups in total. The largest absolute Gasteiger partial charge is 0.494 e. The molecule has 1 aliphatic rings. The van der Waals surface area contributed by atoms with E-state index < -0.39 is 65.1 Å². The number of hydrogen-bond acceptors (Lipinski definition) is 3. The molecule has 0 unspecified atom stereocenters. The number of aryl methyl sites for hydroxylation is 1. The van der Waals surface area contributed by atoms with E-state index in [1.165, 1.54) is 47.1 Å². The zero-order valence-electron chi connectivity index (χ0n) is 39.0. The minimum Gasteiger partial charge on any atom is -0.399 e. The minimum atomic E-state index is -4.54. The van der Waals surface area contributed by atoms with Crippen molar-refractivity contribution in [2.24, 2.45) is 0 Å². The van der Waals surface area contributed by atoms with Gasteiger partial charge in [0.2, 0.25) is 0 Å². The van der Waals surface area contributed by atoms with Crippen LogP contribution in [0.4, 0.5) is 39.5 Å². The molecule has 0 aliphatic carbocycles. The summed E-state index contributed by atoms with van der Waals surface area (Å²) < 4.78 is 137. The Morgan fingerprint density at radius 2 is 0.944 bits per heavy atom. The molecule has 0 radical (unpaired) electrons. The van der Waals surface area contributed by atoms with Crippen molar-refractivity contribution in [2.45, 2.75) is 58.5 Å². The van der Waals surface area contributed by atoms with Crippen LogP contribution >= 0.6 is 15.9 Å². The van der Waals surface area contributed by atoms with E-state index in [0.29, 0.717) is 33.5 Å². The smallest absolute Gasteiger partial charge is 0.399 e. The number of rotatable bonds is 6. The molecule has 0 amide bonds. The summed E-state index contributed by atoms with van der Waals surface area (Å²) >= 11 is 3.36. The molecule has 368 valence electrons. The molecular weight excluding hydrogens is 1010 g/mol. The van der Waals surface area contributed by atoms with Crippen molar-refractivity contribution in [3.05, 3.63) is 179 Å². The number of hydrogen-bond donors (Lipinski definition) is 3. The third-order valence-corrected chi connectivity index (χ3v) is 13.2. The van der Waals surface area contributed by atoms with Gasteiger partial charge in [-0.3, -0.25) is 4.68 Å². The van der Waals surface area contributed by atoms with E-state index in [9.17, 15) is 39.5 Å². The Kier molecular flexibility index (Phi) is 13.3. The van der Waals surface area contributed by atoms with Crippen molar-refractivity contribution in [1.29, 1.82) is 0 Å². The fourth-order valence-electron chi connectivity index (χ4n) is 8.37. The van der Waals surface area contributed by atoms with Crippen molar-refractivity contribution >= 4 is 61.2 Å². The van der Waals surface area contributed by atoms with E-state index in [1.807, 2.05) is 64.1 Å². The van der Waals surface area contributed by atoms with Gasteiger partial charge in [-0.2, -0.15) is 18.3 Å². The predicted octanol–water partition coefficient (Wildman–Crippen LogP) is 15.3. The lowest BCUT2D eigenvalue weighted by molar-refractivity contribution is -0.141. The average Bonchev–Trinajstić information content (AvgIpc) is 4.15. The Hall–Kier alpha value is -7.02. The SMILES string of the molecule is CC1(C)OB(c2ccc3[nH]c(-c4c(F)cccc4F)cc3c2)OC1(C)C.CCn1nc(C(F)(F)F)cc1-c1ccc2[nH]c(-c3c(F)cccc3F)cc2c1.Fc1cccc(F)c1-c1cc2cc(Br)ccc2[nH]1. The van der Waals surface area contributed by atoms with Crippen molar-refractivity contribution in [3.8, 4) is 45.0 Å². The van der Waals surface area contributed by atoms with Gasteiger partial charge in [-0.25, -0.2) is 26.3 Å². The maximum atomic E-state index is 14.1. The standard InChI is InChI=1S/C20H20BF2NO2.C20H14F5N3.C14H8BrF2N/c1-19(2)20(3,4)26-21(25-19)13-8-9-16-12(10-13)11-17(24-16)18-14(22)6-5-7-15(18)23;1-2-28-17(10-18(27-28)20(23,24)25)11-6-7-15-12(8-11)9-16(26-15)19-13(21)4-3-5-14(19)22;15-9-4-5-12-8(6-9)7-13(18-12)14-10(16)2-1-3-11(14)17/h5-11,24H,1-4H3;3-10,26H,2H2,1H3;1-7,18H. The molecule has 10 aromatic rings. The van der Waals surface area contributed by atoms with Crippen LogP contribution in [-0.4, -0.2) is 43.1 Å². The average molecular weight is 1050 g/mol. The lowest BCUT2D eigenvalue weighted by Crippen LogP contribution is -2.41. The Balaban J connectivity index is 0.000000136. The third-order valence-electron chi connectivity index (χ3n) is 12.7. The number of aromatic amines is 3. The Bertz CT molecular complexity index is 3580. The van der Waals surface area contributed by atoms with Crippen LogP contribution in [0.1, 0.15) is 40.3 Å². The molecule has 0 atom stereocenters. The highest BCUT2D eigenvalue weighted by molar-refractivity contribution is 9.10. The molecule has 5 heterocycles. The molecule has 6 aromatic carbocycles. The number of benzene rings is 6. The number of fused-ring (bicyclic) bond motifs is 3. The molecule has 0 saturated carbocycles. The van der Waals surface area contributed by atoms with Gasteiger partial charge in [0, 0.05) is 43.9 Å². The Morgan fingerprint density at radius 1 is 0.542 bits per heavy atom. The number of H-pyrrole nitrogens is 3. The Labute approximate surface area is 415 Å². The molecule has 72 heavy (non-hydrogen) atoms. The summed E-state index contributed by atoms with van der Waals surface area (Å²) in [5.41, 5.74) is 2.99. The van der Waals surface area contributed by atoms with Crippen LogP contribution in [-0.2, 0) is 22.0 Å². The third kappa shape index (κ3) is 9.82. The van der Waals surface area contributed by atoms with Gasteiger partial charge >= 0.3 is 13.3 Å². The van der Waals surface area contributed by atoms with Crippen molar-refractivity contribution < 1.29 is 48.8 Å². The van der Waals surface area contributed by atoms with Crippen LogP contribution in [0, 0.1) is 34.9 Å². The number of aromatic nitrogens is 5.